The molecule has 108 valence electrons. The third-order valence-corrected chi connectivity index (χ3v) is 3.43. The van der Waals surface area contributed by atoms with Gasteiger partial charge in [-0.15, -0.1) is 0 Å². The fourth-order valence-corrected chi connectivity index (χ4v) is 2.21. The minimum atomic E-state index is 0.391. The van der Waals surface area contributed by atoms with Gasteiger partial charge in [0.25, 0.3) is 0 Å². The molecule has 19 heavy (non-hydrogen) atoms. The zero-order valence-electron chi connectivity index (χ0n) is 12.3. The molecule has 3 nitrogen and oxygen atoms in total. The van der Waals surface area contributed by atoms with Gasteiger partial charge in [0, 0.05) is 18.2 Å². The van der Waals surface area contributed by atoms with E-state index in [9.17, 15) is 0 Å². The largest absolute Gasteiger partial charge is 0.493 e. The number of hydrogen-bond acceptors (Lipinski definition) is 3. The zero-order chi connectivity index (χ0) is 14.3. The monoisotopic (exact) mass is 285 g/mol. The van der Waals surface area contributed by atoms with Crippen molar-refractivity contribution in [1.82, 2.24) is 0 Å². The van der Waals surface area contributed by atoms with Gasteiger partial charge in [-0.1, -0.05) is 37.8 Å². The average Bonchev–Trinajstić information content (AvgIpc) is 2.40. The number of benzene rings is 1. The smallest absolute Gasteiger partial charge is 0.162 e. The van der Waals surface area contributed by atoms with Crippen LogP contribution < -0.4 is 14.8 Å². The van der Waals surface area contributed by atoms with Crippen LogP contribution in [-0.2, 0) is 0 Å². The first-order valence-electron chi connectivity index (χ1n) is 6.80. The van der Waals surface area contributed by atoms with E-state index in [2.05, 4.69) is 19.2 Å². The Balaban J connectivity index is 2.72. The number of halogens is 1. The number of rotatable bonds is 8. The molecule has 1 aromatic carbocycles. The van der Waals surface area contributed by atoms with Crippen LogP contribution in [0.25, 0.3) is 0 Å². The molecule has 0 heterocycles. The molecule has 0 aromatic heterocycles. The number of hydrogen-bond donors (Lipinski definition) is 1. The van der Waals surface area contributed by atoms with Crippen molar-refractivity contribution in [3.8, 4) is 11.5 Å². The Labute approximate surface area is 121 Å². The van der Waals surface area contributed by atoms with E-state index < -0.39 is 0 Å². The van der Waals surface area contributed by atoms with Gasteiger partial charge in [-0.25, -0.2) is 0 Å². The first-order chi connectivity index (χ1) is 9.12. The average molecular weight is 286 g/mol. The Hall–Kier alpha value is -1.09. The standard InChI is InChI=1S/C15H24ClNO2/c1-5-6-7-8-11(2)17-13-10-15(19-4)14(18-3)9-12(13)16/h9-11,17H,5-8H2,1-4H3. The lowest BCUT2D eigenvalue weighted by Crippen LogP contribution is -2.15. The molecule has 0 fully saturated rings. The summed E-state index contributed by atoms with van der Waals surface area (Å²) in [4.78, 5) is 0. The summed E-state index contributed by atoms with van der Waals surface area (Å²) >= 11 is 6.24. The second kappa shape index (κ2) is 8.16. The van der Waals surface area contributed by atoms with Gasteiger partial charge in [-0.05, 0) is 13.3 Å². The van der Waals surface area contributed by atoms with Crippen molar-refractivity contribution in [3.05, 3.63) is 17.2 Å². The van der Waals surface area contributed by atoms with Crippen LogP contribution in [0.2, 0.25) is 5.02 Å². The maximum atomic E-state index is 6.24. The van der Waals surface area contributed by atoms with Crippen molar-refractivity contribution in [2.24, 2.45) is 0 Å². The fourth-order valence-electron chi connectivity index (χ4n) is 2.00. The SMILES string of the molecule is CCCCCC(C)Nc1cc(OC)c(OC)cc1Cl. The fraction of sp³-hybridized carbons (Fsp3) is 0.600. The maximum Gasteiger partial charge on any atom is 0.162 e. The Morgan fingerprint density at radius 2 is 1.79 bits per heavy atom. The van der Waals surface area contributed by atoms with Gasteiger partial charge in [0.1, 0.15) is 0 Å². The number of nitrogens with one attached hydrogen (secondary N) is 1. The lowest BCUT2D eigenvalue weighted by Gasteiger charge is -2.18. The third kappa shape index (κ3) is 4.83. The van der Waals surface area contributed by atoms with E-state index in [1.54, 1.807) is 20.3 Å². The van der Waals surface area contributed by atoms with Crippen LogP contribution in [-0.4, -0.2) is 20.3 Å². The van der Waals surface area contributed by atoms with Crippen LogP contribution >= 0.6 is 11.6 Å². The highest BCUT2D eigenvalue weighted by Gasteiger charge is 2.11. The van der Waals surface area contributed by atoms with Crippen molar-refractivity contribution < 1.29 is 9.47 Å². The third-order valence-electron chi connectivity index (χ3n) is 3.12. The lowest BCUT2D eigenvalue weighted by atomic mass is 10.1. The molecule has 0 aliphatic heterocycles. The van der Waals surface area contributed by atoms with Gasteiger partial charge in [-0.2, -0.15) is 0 Å². The van der Waals surface area contributed by atoms with Gasteiger partial charge in [0.2, 0.25) is 0 Å². The molecule has 0 saturated carbocycles. The first-order valence-corrected chi connectivity index (χ1v) is 7.18. The molecule has 0 amide bonds. The topological polar surface area (TPSA) is 30.5 Å². The Morgan fingerprint density at radius 3 is 2.37 bits per heavy atom. The summed E-state index contributed by atoms with van der Waals surface area (Å²) in [5.74, 6) is 1.34. The van der Waals surface area contributed by atoms with E-state index in [1.807, 2.05) is 6.07 Å². The van der Waals surface area contributed by atoms with E-state index in [4.69, 9.17) is 21.1 Å². The van der Waals surface area contributed by atoms with Crippen LogP contribution in [0.1, 0.15) is 39.5 Å². The molecule has 1 atom stereocenters. The first kappa shape index (κ1) is 16.0. The number of ether oxygens (including phenoxy) is 2. The van der Waals surface area contributed by atoms with E-state index >= 15 is 0 Å². The summed E-state index contributed by atoms with van der Waals surface area (Å²) in [5, 5.41) is 4.08. The molecule has 1 rings (SSSR count). The maximum absolute atomic E-state index is 6.24. The Kier molecular flexibility index (Phi) is 6.85. The highest BCUT2D eigenvalue weighted by molar-refractivity contribution is 6.33. The van der Waals surface area contributed by atoms with Gasteiger partial charge in [0.15, 0.2) is 11.5 Å². The van der Waals surface area contributed by atoms with Crippen molar-refractivity contribution >= 4 is 17.3 Å². The van der Waals surface area contributed by atoms with Crippen LogP contribution in [0.4, 0.5) is 5.69 Å². The number of anilines is 1. The Bertz CT molecular complexity index is 396. The molecule has 0 saturated heterocycles. The zero-order valence-corrected chi connectivity index (χ0v) is 13.0. The summed E-state index contributed by atoms with van der Waals surface area (Å²) in [6.07, 6.45) is 4.88. The van der Waals surface area contributed by atoms with Crippen molar-refractivity contribution in [1.29, 1.82) is 0 Å². The van der Waals surface area contributed by atoms with Gasteiger partial charge in [0.05, 0.1) is 24.9 Å². The van der Waals surface area contributed by atoms with Gasteiger partial charge >= 0.3 is 0 Å². The van der Waals surface area contributed by atoms with Crippen LogP contribution in [0, 0.1) is 0 Å². The molecule has 0 bridgehead atoms. The van der Waals surface area contributed by atoms with Crippen molar-refractivity contribution in [2.45, 2.75) is 45.6 Å². The van der Waals surface area contributed by atoms with E-state index in [-0.39, 0.29) is 0 Å². The molecule has 0 aliphatic rings. The van der Waals surface area contributed by atoms with E-state index in [0.717, 1.165) is 12.1 Å². The minimum Gasteiger partial charge on any atom is -0.493 e. The van der Waals surface area contributed by atoms with Crippen LogP contribution in [0.15, 0.2) is 12.1 Å². The molecule has 0 aliphatic carbocycles. The van der Waals surface area contributed by atoms with Gasteiger partial charge in [-0.3, -0.25) is 0 Å². The molecule has 0 radical (unpaired) electrons. The van der Waals surface area contributed by atoms with Crippen molar-refractivity contribution in [3.63, 3.8) is 0 Å². The quantitative estimate of drug-likeness (QED) is 0.700. The number of methoxy groups -OCH3 is 2. The predicted molar refractivity (Wildman–Crippen MR) is 81.8 cm³/mol. The van der Waals surface area contributed by atoms with Crippen LogP contribution in [0.5, 0.6) is 11.5 Å². The molecular weight excluding hydrogens is 262 g/mol. The molecular formula is C15H24ClNO2. The molecule has 4 heteroatoms. The molecule has 0 spiro atoms. The van der Waals surface area contributed by atoms with Crippen molar-refractivity contribution in [2.75, 3.05) is 19.5 Å². The predicted octanol–water partition coefficient (Wildman–Crippen LogP) is 4.74. The summed E-state index contributed by atoms with van der Waals surface area (Å²) in [5.41, 5.74) is 0.892. The second-order valence-corrected chi connectivity index (χ2v) is 5.14. The van der Waals surface area contributed by atoms with Crippen LogP contribution in [0.3, 0.4) is 0 Å². The van der Waals surface area contributed by atoms with E-state index in [0.29, 0.717) is 22.6 Å². The summed E-state index contributed by atoms with van der Waals surface area (Å²) in [7, 11) is 3.23. The second-order valence-electron chi connectivity index (χ2n) is 4.73. The van der Waals surface area contributed by atoms with Gasteiger partial charge < -0.3 is 14.8 Å². The molecule has 1 N–H and O–H groups in total. The summed E-state index contributed by atoms with van der Waals surface area (Å²) in [6.45, 7) is 4.38. The number of unbranched alkanes of at least 4 members (excludes halogenated alkanes) is 2. The highest BCUT2D eigenvalue weighted by Crippen LogP contribution is 2.36. The normalized spacial score (nSPS) is 12.1. The van der Waals surface area contributed by atoms with E-state index in [1.165, 1.54) is 19.3 Å². The Morgan fingerprint density at radius 1 is 1.16 bits per heavy atom. The summed E-state index contributed by atoms with van der Waals surface area (Å²) < 4.78 is 10.5. The summed E-state index contributed by atoms with van der Waals surface area (Å²) in [6, 6.07) is 4.06. The highest BCUT2D eigenvalue weighted by atomic mass is 35.5. The molecule has 1 aromatic rings. The lowest BCUT2D eigenvalue weighted by molar-refractivity contribution is 0.355. The molecule has 1 unspecified atom stereocenters. The minimum absolute atomic E-state index is 0.391.